The Balaban J connectivity index is 2.33. The summed E-state index contributed by atoms with van der Waals surface area (Å²) in [4.78, 5) is 20.1. The Labute approximate surface area is 92.7 Å². The largest absolute Gasteiger partial charge is 0.336 e. The Hall–Kier alpha value is -1.72. The molecular formula is C10H13FN4O. The first kappa shape index (κ1) is 10.8. The molecule has 1 saturated heterocycles. The lowest BCUT2D eigenvalue weighted by atomic mass is 10.0. The summed E-state index contributed by atoms with van der Waals surface area (Å²) in [5.74, 6) is 0.582. The summed E-state index contributed by atoms with van der Waals surface area (Å²) in [5.41, 5.74) is 0. The molecular weight excluding hydrogens is 211 g/mol. The van der Waals surface area contributed by atoms with Gasteiger partial charge in [0.05, 0.1) is 6.04 Å². The summed E-state index contributed by atoms with van der Waals surface area (Å²) < 4.78 is 12.9. The Bertz CT molecular complexity index is 410. The van der Waals surface area contributed by atoms with Crippen LogP contribution in [0, 0.1) is 12.0 Å². The molecule has 1 aromatic heterocycles. The zero-order valence-corrected chi connectivity index (χ0v) is 9.14. The topological polar surface area (TPSA) is 58.1 Å². The number of aromatic nitrogens is 2. The molecule has 0 radical (unpaired) electrons. The van der Waals surface area contributed by atoms with Crippen LogP contribution in [0.2, 0.25) is 0 Å². The molecule has 0 aromatic carbocycles. The van der Waals surface area contributed by atoms with Crippen LogP contribution in [0.4, 0.5) is 15.0 Å². The molecule has 1 aliphatic rings. The lowest BCUT2D eigenvalue weighted by Crippen LogP contribution is -2.38. The van der Waals surface area contributed by atoms with Crippen LogP contribution < -0.4 is 10.2 Å². The lowest BCUT2D eigenvalue weighted by molar-refractivity contribution is 0.251. The van der Waals surface area contributed by atoms with Gasteiger partial charge in [-0.05, 0) is 12.0 Å². The average Bonchev–Trinajstić information content (AvgIpc) is 2.60. The van der Waals surface area contributed by atoms with Gasteiger partial charge < -0.3 is 5.32 Å². The molecule has 1 fully saturated rings. The van der Waals surface area contributed by atoms with Gasteiger partial charge in [-0.1, -0.05) is 13.8 Å². The third-order valence-corrected chi connectivity index (χ3v) is 2.64. The van der Waals surface area contributed by atoms with E-state index in [2.05, 4.69) is 15.3 Å². The molecule has 2 amide bonds. The number of nitrogens with zero attached hydrogens (tertiary/aromatic N) is 3. The van der Waals surface area contributed by atoms with Crippen molar-refractivity contribution in [3.05, 3.63) is 18.3 Å². The van der Waals surface area contributed by atoms with Gasteiger partial charge in [0.2, 0.25) is 0 Å². The van der Waals surface area contributed by atoms with E-state index in [9.17, 15) is 9.18 Å². The lowest BCUT2D eigenvalue weighted by Gasteiger charge is -2.24. The van der Waals surface area contributed by atoms with Gasteiger partial charge in [-0.2, -0.15) is 9.37 Å². The Morgan fingerprint density at radius 2 is 2.38 bits per heavy atom. The van der Waals surface area contributed by atoms with Crippen molar-refractivity contribution < 1.29 is 9.18 Å². The van der Waals surface area contributed by atoms with E-state index in [1.165, 1.54) is 17.2 Å². The summed E-state index contributed by atoms with van der Waals surface area (Å²) in [6.07, 6.45) is 0.486. The van der Waals surface area contributed by atoms with Crippen LogP contribution in [0.15, 0.2) is 12.3 Å². The summed E-state index contributed by atoms with van der Waals surface area (Å²) in [5, 5.41) is 2.72. The van der Waals surface area contributed by atoms with Gasteiger partial charge in [0.15, 0.2) is 0 Å². The fraction of sp³-hybridized carbons (Fsp3) is 0.500. The van der Waals surface area contributed by atoms with Crippen LogP contribution in [0.25, 0.3) is 0 Å². The third kappa shape index (κ3) is 1.82. The number of urea groups is 1. The summed E-state index contributed by atoms with van der Waals surface area (Å²) in [7, 11) is 0. The molecule has 0 unspecified atom stereocenters. The summed E-state index contributed by atoms with van der Waals surface area (Å²) in [6.45, 7) is 4.58. The molecule has 5 nitrogen and oxygen atoms in total. The van der Waals surface area contributed by atoms with Gasteiger partial charge in [0, 0.05) is 12.7 Å². The first-order valence-electron chi connectivity index (χ1n) is 5.15. The number of hydrogen-bond acceptors (Lipinski definition) is 3. The van der Waals surface area contributed by atoms with E-state index in [0.29, 0.717) is 12.4 Å². The molecule has 16 heavy (non-hydrogen) atoms. The highest BCUT2D eigenvalue weighted by Crippen LogP contribution is 2.22. The minimum Gasteiger partial charge on any atom is -0.336 e. The molecule has 1 aliphatic heterocycles. The Kier molecular flexibility index (Phi) is 2.72. The van der Waals surface area contributed by atoms with E-state index in [1.54, 1.807) is 0 Å². The van der Waals surface area contributed by atoms with E-state index >= 15 is 0 Å². The maximum absolute atomic E-state index is 12.9. The first-order valence-corrected chi connectivity index (χ1v) is 5.15. The zero-order chi connectivity index (χ0) is 11.7. The number of anilines is 1. The van der Waals surface area contributed by atoms with Crippen molar-refractivity contribution in [2.24, 2.45) is 5.92 Å². The van der Waals surface area contributed by atoms with Crippen LogP contribution in [0.1, 0.15) is 13.8 Å². The van der Waals surface area contributed by atoms with E-state index in [1.807, 2.05) is 13.8 Å². The average molecular weight is 224 g/mol. The number of amides is 2. The zero-order valence-electron chi connectivity index (χ0n) is 9.14. The minimum absolute atomic E-state index is 0.00167. The van der Waals surface area contributed by atoms with Crippen molar-refractivity contribution in [3.63, 3.8) is 0 Å². The quantitative estimate of drug-likeness (QED) is 0.767. The maximum Gasteiger partial charge on any atom is 0.323 e. The molecule has 86 valence electrons. The number of rotatable bonds is 2. The number of halogens is 1. The van der Waals surface area contributed by atoms with Crippen molar-refractivity contribution in [1.82, 2.24) is 15.3 Å². The third-order valence-electron chi connectivity index (χ3n) is 2.64. The standard InChI is InChI=1S/C10H13FN4O/c1-6(2)7-5-13-10(16)15(7)8-3-4-12-9(11)14-8/h3-4,6-7H,5H2,1-2H3,(H,13,16)/t7-/m1/s1. The van der Waals surface area contributed by atoms with Gasteiger partial charge in [0.25, 0.3) is 0 Å². The minimum atomic E-state index is -0.820. The summed E-state index contributed by atoms with van der Waals surface area (Å²) in [6, 6.07) is 1.29. The fourth-order valence-electron chi connectivity index (χ4n) is 1.79. The molecule has 1 aromatic rings. The molecule has 6 heteroatoms. The predicted molar refractivity (Wildman–Crippen MR) is 56.5 cm³/mol. The highest BCUT2D eigenvalue weighted by atomic mass is 19.1. The predicted octanol–water partition coefficient (Wildman–Crippen LogP) is 1.17. The normalized spacial score (nSPS) is 20.4. The first-order chi connectivity index (χ1) is 7.59. The number of carbonyl (C=O) groups is 1. The van der Waals surface area contributed by atoms with Gasteiger partial charge in [-0.15, -0.1) is 0 Å². The number of nitrogens with one attached hydrogen (secondary N) is 1. The molecule has 0 bridgehead atoms. The van der Waals surface area contributed by atoms with E-state index in [-0.39, 0.29) is 18.0 Å². The van der Waals surface area contributed by atoms with Crippen molar-refractivity contribution >= 4 is 11.8 Å². The van der Waals surface area contributed by atoms with Gasteiger partial charge in [0.1, 0.15) is 5.82 Å². The van der Waals surface area contributed by atoms with Crippen molar-refractivity contribution in [3.8, 4) is 0 Å². The van der Waals surface area contributed by atoms with Crippen molar-refractivity contribution in [1.29, 1.82) is 0 Å². The van der Waals surface area contributed by atoms with Gasteiger partial charge >= 0.3 is 12.1 Å². The van der Waals surface area contributed by atoms with E-state index in [0.717, 1.165) is 0 Å². The Morgan fingerprint density at radius 3 is 3.00 bits per heavy atom. The van der Waals surface area contributed by atoms with Crippen LogP contribution in [-0.2, 0) is 0 Å². The smallest absolute Gasteiger partial charge is 0.323 e. The number of hydrogen-bond donors (Lipinski definition) is 1. The fourth-order valence-corrected chi connectivity index (χ4v) is 1.79. The van der Waals surface area contributed by atoms with Gasteiger partial charge in [-0.25, -0.2) is 9.78 Å². The van der Waals surface area contributed by atoms with Gasteiger partial charge in [-0.3, -0.25) is 4.90 Å². The van der Waals surface area contributed by atoms with Crippen molar-refractivity contribution in [2.75, 3.05) is 11.4 Å². The van der Waals surface area contributed by atoms with Crippen LogP contribution in [0.5, 0.6) is 0 Å². The molecule has 1 N–H and O–H groups in total. The molecule has 1 atom stereocenters. The van der Waals surface area contributed by atoms with Crippen LogP contribution in [0.3, 0.4) is 0 Å². The van der Waals surface area contributed by atoms with Crippen molar-refractivity contribution in [2.45, 2.75) is 19.9 Å². The van der Waals surface area contributed by atoms with Crippen LogP contribution in [-0.4, -0.2) is 28.6 Å². The number of carbonyl (C=O) groups excluding carboxylic acids is 1. The van der Waals surface area contributed by atoms with E-state index in [4.69, 9.17) is 0 Å². The SMILES string of the molecule is CC(C)[C@H]1CNC(=O)N1c1ccnc(F)n1. The molecule has 0 aliphatic carbocycles. The second-order valence-electron chi connectivity index (χ2n) is 4.05. The van der Waals surface area contributed by atoms with Crippen LogP contribution >= 0.6 is 0 Å². The maximum atomic E-state index is 12.9. The highest BCUT2D eigenvalue weighted by molar-refractivity contribution is 5.93. The molecule has 2 rings (SSSR count). The molecule has 2 heterocycles. The Morgan fingerprint density at radius 1 is 1.62 bits per heavy atom. The molecule has 0 saturated carbocycles. The second-order valence-corrected chi connectivity index (χ2v) is 4.05. The van der Waals surface area contributed by atoms with E-state index < -0.39 is 6.08 Å². The summed E-state index contributed by atoms with van der Waals surface area (Å²) >= 11 is 0. The monoisotopic (exact) mass is 224 g/mol. The highest BCUT2D eigenvalue weighted by Gasteiger charge is 2.34. The second kappa shape index (κ2) is 4.03. The molecule has 0 spiro atoms.